The molecule has 1 N–H and O–H groups in total. The van der Waals surface area contributed by atoms with E-state index in [0.717, 1.165) is 16.8 Å². The highest BCUT2D eigenvalue weighted by molar-refractivity contribution is 6.09. The topological polar surface area (TPSA) is 29.1 Å². The number of benzene rings is 1. The first-order valence-corrected chi connectivity index (χ1v) is 6.49. The fourth-order valence-corrected chi connectivity index (χ4v) is 1.92. The summed E-state index contributed by atoms with van der Waals surface area (Å²) in [5.41, 5.74) is 5.48. The van der Waals surface area contributed by atoms with E-state index in [1.165, 1.54) is 11.1 Å². The van der Waals surface area contributed by atoms with Crippen molar-refractivity contribution in [3.8, 4) is 0 Å². The number of ketones is 1. The normalized spacial score (nSPS) is 11.6. The van der Waals surface area contributed by atoms with Crippen molar-refractivity contribution in [2.75, 3.05) is 11.9 Å². The molecule has 1 aliphatic rings. The van der Waals surface area contributed by atoms with Crippen molar-refractivity contribution < 1.29 is 4.79 Å². The fourth-order valence-electron chi connectivity index (χ4n) is 1.92. The largest absolute Gasteiger partial charge is 0.377 e. The Hall–Kier alpha value is -1.31. The van der Waals surface area contributed by atoms with Crippen LogP contribution in [0.15, 0.2) is 6.07 Å². The Balaban J connectivity index is 0.000000581. The van der Waals surface area contributed by atoms with Crippen molar-refractivity contribution >= 4 is 11.5 Å². The summed E-state index contributed by atoms with van der Waals surface area (Å²) < 4.78 is 0. The number of Topliss-reactive ketones (excluding diaryl/α,β-unsaturated/α-hetero) is 1. The van der Waals surface area contributed by atoms with E-state index in [9.17, 15) is 4.79 Å². The van der Waals surface area contributed by atoms with Crippen molar-refractivity contribution in [2.45, 2.75) is 48.5 Å². The van der Waals surface area contributed by atoms with E-state index in [0.29, 0.717) is 6.54 Å². The van der Waals surface area contributed by atoms with Gasteiger partial charge in [-0.15, -0.1) is 0 Å². The van der Waals surface area contributed by atoms with Crippen LogP contribution in [0.3, 0.4) is 0 Å². The maximum Gasteiger partial charge on any atom is 0.184 e. The predicted octanol–water partition coefficient (Wildman–Crippen LogP) is 4.27. The number of carbonyl (C=O) groups excluding carboxylic acids is 1. The third-order valence-electron chi connectivity index (χ3n) is 2.75. The second kappa shape index (κ2) is 7.10. The molecule has 2 heteroatoms. The van der Waals surface area contributed by atoms with Crippen molar-refractivity contribution in [1.82, 2.24) is 0 Å². The van der Waals surface area contributed by atoms with E-state index in [1.54, 1.807) is 0 Å². The van der Waals surface area contributed by atoms with E-state index in [-0.39, 0.29) is 5.78 Å². The molecule has 0 amide bonds. The van der Waals surface area contributed by atoms with Crippen LogP contribution in [-0.4, -0.2) is 12.3 Å². The lowest BCUT2D eigenvalue weighted by Crippen LogP contribution is -2.01. The second-order valence-electron chi connectivity index (χ2n) is 3.66. The van der Waals surface area contributed by atoms with E-state index in [1.807, 2.05) is 34.6 Å². The zero-order chi connectivity index (χ0) is 13.6. The number of carbonyl (C=O) groups is 1. The molecule has 17 heavy (non-hydrogen) atoms. The third-order valence-corrected chi connectivity index (χ3v) is 2.75. The molecule has 0 atom stereocenters. The van der Waals surface area contributed by atoms with E-state index in [2.05, 4.69) is 25.2 Å². The lowest BCUT2D eigenvalue weighted by atomic mass is 9.98. The highest BCUT2D eigenvalue weighted by atomic mass is 16.1. The van der Waals surface area contributed by atoms with Gasteiger partial charge in [0.25, 0.3) is 0 Å². The standard InChI is InChI=1S/C11H13NO.2C2H6/c1-6-4-7(2)10-9(13)5-12-11(10)8(6)3;2*1-2/h4,12H,5H2,1-3H3;2*1-2H3. The van der Waals surface area contributed by atoms with Gasteiger partial charge in [0.2, 0.25) is 0 Å². The minimum absolute atomic E-state index is 0.218. The summed E-state index contributed by atoms with van der Waals surface area (Å²) in [5.74, 6) is 0.218. The highest BCUT2D eigenvalue weighted by Gasteiger charge is 2.23. The number of hydrogen-bond donors (Lipinski definition) is 1. The quantitative estimate of drug-likeness (QED) is 0.727. The summed E-state index contributed by atoms with van der Waals surface area (Å²) in [5, 5.41) is 3.15. The van der Waals surface area contributed by atoms with Crippen LogP contribution in [0.1, 0.15) is 54.7 Å². The molecule has 0 unspecified atom stereocenters. The lowest BCUT2D eigenvalue weighted by Gasteiger charge is -2.09. The number of anilines is 1. The molecular formula is C15H25NO. The maximum absolute atomic E-state index is 11.5. The molecule has 0 bridgehead atoms. The first kappa shape index (κ1) is 15.7. The Morgan fingerprint density at radius 1 is 1.00 bits per heavy atom. The molecule has 1 aromatic carbocycles. The van der Waals surface area contributed by atoms with E-state index >= 15 is 0 Å². The molecule has 0 aliphatic carbocycles. The molecule has 0 aromatic heterocycles. The van der Waals surface area contributed by atoms with Gasteiger partial charge in [0.15, 0.2) is 5.78 Å². The van der Waals surface area contributed by atoms with Gasteiger partial charge in [0.1, 0.15) is 0 Å². The Labute approximate surface area is 105 Å². The molecule has 1 aliphatic heterocycles. The monoisotopic (exact) mass is 235 g/mol. The zero-order valence-corrected chi connectivity index (χ0v) is 12.2. The number of nitrogens with one attached hydrogen (secondary N) is 1. The summed E-state index contributed by atoms with van der Waals surface area (Å²) in [6.45, 7) is 14.6. The highest BCUT2D eigenvalue weighted by Crippen LogP contribution is 2.31. The van der Waals surface area contributed by atoms with Crippen LogP contribution >= 0.6 is 0 Å². The average molecular weight is 235 g/mol. The van der Waals surface area contributed by atoms with Gasteiger partial charge < -0.3 is 5.32 Å². The number of hydrogen-bond acceptors (Lipinski definition) is 2. The SMILES string of the molecule is CC.CC.Cc1cc(C)c2c(c1C)NCC2=O. The molecule has 2 nitrogen and oxygen atoms in total. The Morgan fingerprint density at radius 2 is 1.53 bits per heavy atom. The molecule has 0 saturated carbocycles. The first-order chi connectivity index (χ1) is 8.11. The zero-order valence-electron chi connectivity index (χ0n) is 12.2. The van der Waals surface area contributed by atoms with Gasteiger partial charge in [-0.3, -0.25) is 4.79 Å². The Bertz CT molecular complexity index is 394. The van der Waals surface area contributed by atoms with Crippen LogP contribution in [0.25, 0.3) is 0 Å². The summed E-state index contributed by atoms with van der Waals surface area (Å²) in [7, 11) is 0. The smallest absolute Gasteiger partial charge is 0.184 e. The van der Waals surface area contributed by atoms with Gasteiger partial charge in [-0.25, -0.2) is 0 Å². The molecule has 96 valence electrons. The Kier molecular flexibility index (Phi) is 6.55. The second-order valence-corrected chi connectivity index (χ2v) is 3.66. The number of rotatable bonds is 0. The minimum Gasteiger partial charge on any atom is -0.377 e. The first-order valence-electron chi connectivity index (χ1n) is 6.49. The lowest BCUT2D eigenvalue weighted by molar-refractivity contribution is 0.101. The van der Waals surface area contributed by atoms with Crippen LogP contribution in [0, 0.1) is 20.8 Å². The molecule has 1 aromatic rings. The summed E-state index contributed by atoms with van der Waals surface area (Å²) in [4.78, 5) is 11.5. The van der Waals surface area contributed by atoms with Gasteiger partial charge in [0, 0.05) is 11.3 Å². The third kappa shape index (κ3) is 3.09. The van der Waals surface area contributed by atoms with Gasteiger partial charge in [-0.05, 0) is 37.5 Å². The van der Waals surface area contributed by atoms with Crippen molar-refractivity contribution in [3.05, 3.63) is 28.3 Å². The molecule has 0 saturated heterocycles. The van der Waals surface area contributed by atoms with Crippen molar-refractivity contribution in [1.29, 1.82) is 0 Å². The van der Waals surface area contributed by atoms with Crippen LogP contribution in [0.5, 0.6) is 0 Å². The van der Waals surface area contributed by atoms with Crippen LogP contribution in [0.2, 0.25) is 0 Å². The minimum atomic E-state index is 0.218. The molecule has 0 fully saturated rings. The van der Waals surface area contributed by atoms with Crippen molar-refractivity contribution in [3.63, 3.8) is 0 Å². The van der Waals surface area contributed by atoms with Gasteiger partial charge >= 0.3 is 0 Å². The number of fused-ring (bicyclic) bond motifs is 1. The summed E-state index contributed by atoms with van der Waals surface area (Å²) >= 11 is 0. The molecule has 0 spiro atoms. The van der Waals surface area contributed by atoms with Gasteiger partial charge in [-0.2, -0.15) is 0 Å². The van der Waals surface area contributed by atoms with Crippen molar-refractivity contribution in [2.24, 2.45) is 0 Å². The van der Waals surface area contributed by atoms with Gasteiger partial charge in [-0.1, -0.05) is 33.8 Å². The Morgan fingerprint density at radius 3 is 2.06 bits per heavy atom. The molecule has 0 radical (unpaired) electrons. The van der Waals surface area contributed by atoms with E-state index in [4.69, 9.17) is 0 Å². The number of aryl methyl sites for hydroxylation is 2. The molecule has 1 heterocycles. The average Bonchev–Trinajstić information content (AvgIpc) is 2.74. The van der Waals surface area contributed by atoms with Crippen LogP contribution in [0.4, 0.5) is 5.69 Å². The fraction of sp³-hybridized carbons (Fsp3) is 0.533. The molecular weight excluding hydrogens is 210 g/mol. The van der Waals surface area contributed by atoms with Crippen LogP contribution in [-0.2, 0) is 0 Å². The summed E-state index contributed by atoms with van der Waals surface area (Å²) in [6.07, 6.45) is 0. The van der Waals surface area contributed by atoms with E-state index < -0.39 is 0 Å². The maximum atomic E-state index is 11.5. The molecule has 2 rings (SSSR count). The summed E-state index contributed by atoms with van der Waals surface area (Å²) in [6, 6.07) is 2.08. The van der Waals surface area contributed by atoms with Crippen LogP contribution < -0.4 is 5.32 Å². The van der Waals surface area contributed by atoms with Gasteiger partial charge in [0.05, 0.1) is 6.54 Å². The predicted molar refractivity (Wildman–Crippen MR) is 76.2 cm³/mol.